The fraction of sp³-hybridized carbons (Fsp3) is 0.778. The van der Waals surface area contributed by atoms with Crippen LogP contribution in [-0.2, 0) is 4.74 Å². The van der Waals surface area contributed by atoms with Gasteiger partial charge in [0.25, 0.3) is 0 Å². The zero-order chi connectivity index (χ0) is 8.53. The topological polar surface area (TPSA) is 35.2 Å². The molecule has 0 fully saturated rings. The third kappa shape index (κ3) is 7.56. The van der Waals surface area contributed by atoms with Gasteiger partial charge in [-0.05, 0) is 12.0 Å². The van der Waals surface area contributed by atoms with Gasteiger partial charge < -0.3 is 10.5 Å². The Morgan fingerprint density at radius 1 is 1.45 bits per heavy atom. The third-order valence-electron chi connectivity index (χ3n) is 1.49. The second kappa shape index (κ2) is 7.76. The highest BCUT2D eigenvalue weighted by atomic mass is 16.5. The molecule has 0 bridgehead atoms. The van der Waals surface area contributed by atoms with E-state index in [-0.39, 0.29) is 0 Å². The lowest BCUT2D eigenvalue weighted by atomic mass is 10.3. The van der Waals surface area contributed by atoms with Gasteiger partial charge in [0, 0.05) is 13.2 Å². The molecule has 0 aromatic rings. The lowest BCUT2D eigenvalue weighted by Gasteiger charge is -2.03. The molecular formula is C9H19NO. The highest BCUT2D eigenvalue weighted by molar-refractivity contribution is 4.95. The predicted octanol–water partition coefficient (Wildman–Crippen LogP) is 1.71. The maximum Gasteiger partial charge on any atom is 0.0686 e. The number of hydrogen-bond donors (Lipinski definition) is 1. The van der Waals surface area contributed by atoms with Crippen molar-refractivity contribution in [2.75, 3.05) is 19.8 Å². The van der Waals surface area contributed by atoms with Crippen LogP contribution < -0.4 is 5.73 Å². The molecule has 0 saturated carbocycles. The molecule has 0 aromatic carbocycles. The second-order valence-electron chi connectivity index (χ2n) is 2.71. The smallest absolute Gasteiger partial charge is 0.0686 e. The van der Waals surface area contributed by atoms with Crippen molar-refractivity contribution in [1.29, 1.82) is 0 Å². The average molecular weight is 157 g/mol. The van der Waals surface area contributed by atoms with E-state index in [1.165, 1.54) is 12.8 Å². The van der Waals surface area contributed by atoms with E-state index in [2.05, 4.69) is 13.5 Å². The fourth-order valence-electron chi connectivity index (χ4n) is 0.730. The largest absolute Gasteiger partial charge is 0.377 e. The van der Waals surface area contributed by atoms with Gasteiger partial charge in [-0.25, -0.2) is 0 Å². The normalized spacial score (nSPS) is 10.0. The first-order valence-electron chi connectivity index (χ1n) is 4.25. The van der Waals surface area contributed by atoms with Crippen LogP contribution in [0.3, 0.4) is 0 Å². The monoisotopic (exact) mass is 157 g/mol. The minimum atomic E-state index is 0.535. The summed E-state index contributed by atoms with van der Waals surface area (Å²) in [6.45, 7) is 7.92. The first kappa shape index (κ1) is 10.7. The minimum Gasteiger partial charge on any atom is -0.377 e. The molecule has 0 aliphatic heterocycles. The maximum atomic E-state index is 5.33. The lowest BCUT2D eigenvalue weighted by Crippen LogP contribution is -2.08. The third-order valence-corrected chi connectivity index (χ3v) is 1.49. The second-order valence-corrected chi connectivity index (χ2v) is 2.71. The number of rotatable bonds is 7. The Balaban J connectivity index is 2.95. The molecule has 0 atom stereocenters. The van der Waals surface area contributed by atoms with Gasteiger partial charge >= 0.3 is 0 Å². The number of unbranched alkanes of at least 4 members (excludes halogenated alkanes) is 2. The molecule has 2 N–H and O–H groups in total. The SMILES string of the molecule is C=C(CN)COCCCCC. The molecule has 0 spiro atoms. The summed E-state index contributed by atoms with van der Waals surface area (Å²) in [6.07, 6.45) is 3.63. The summed E-state index contributed by atoms with van der Waals surface area (Å²) < 4.78 is 5.31. The molecule has 0 rings (SSSR count). The molecular weight excluding hydrogens is 138 g/mol. The van der Waals surface area contributed by atoms with Crippen molar-refractivity contribution < 1.29 is 4.74 Å². The summed E-state index contributed by atoms with van der Waals surface area (Å²) in [5.74, 6) is 0. The molecule has 0 saturated heterocycles. The summed E-state index contributed by atoms with van der Waals surface area (Å²) in [5, 5.41) is 0. The van der Waals surface area contributed by atoms with Gasteiger partial charge in [-0.1, -0.05) is 26.3 Å². The zero-order valence-electron chi connectivity index (χ0n) is 7.44. The van der Waals surface area contributed by atoms with Crippen LogP contribution >= 0.6 is 0 Å². The van der Waals surface area contributed by atoms with E-state index in [1.807, 2.05) is 0 Å². The Hall–Kier alpha value is -0.340. The van der Waals surface area contributed by atoms with Crippen LogP contribution in [0.25, 0.3) is 0 Å². The van der Waals surface area contributed by atoms with Crippen molar-refractivity contribution in [3.8, 4) is 0 Å². The Labute approximate surface area is 69.4 Å². The Morgan fingerprint density at radius 2 is 2.18 bits per heavy atom. The molecule has 0 aromatic heterocycles. The van der Waals surface area contributed by atoms with Crippen LogP contribution in [0.5, 0.6) is 0 Å². The van der Waals surface area contributed by atoms with E-state index in [4.69, 9.17) is 10.5 Å². The number of hydrogen-bond acceptors (Lipinski definition) is 2. The average Bonchev–Trinajstić information content (AvgIpc) is 2.04. The molecule has 0 aliphatic carbocycles. The zero-order valence-corrected chi connectivity index (χ0v) is 7.44. The van der Waals surface area contributed by atoms with Gasteiger partial charge in [-0.15, -0.1) is 0 Å². The van der Waals surface area contributed by atoms with Crippen LogP contribution in [0.1, 0.15) is 26.2 Å². The first-order valence-corrected chi connectivity index (χ1v) is 4.25. The van der Waals surface area contributed by atoms with E-state index >= 15 is 0 Å². The summed E-state index contributed by atoms with van der Waals surface area (Å²) in [7, 11) is 0. The van der Waals surface area contributed by atoms with Gasteiger partial charge in [0.15, 0.2) is 0 Å². The van der Waals surface area contributed by atoms with Crippen LogP contribution in [0.4, 0.5) is 0 Å². The summed E-state index contributed by atoms with van der Waals surface area (Å²) in [5.41, 5.74) is 6.31. The van der Waals surface area contributed by atoms with Gasteiger partial charge in [0.05, 0.1) is 6.61 Å². The molecule has 2 nitrogen and oxygen atoms in total. The molecule has 2 heteroatoms. The molecule has 0 heterocycles. The Bertz CT molecular complexity index is 102. The van der Waals surface area contributed by atoms with Gasteiger partial charge in [0.2, 0.25) is 0 Å². The van der Waals surface area contributed by atoms with Crippen LogP contribution in [-0.4, -0.2) is 19.8 Å². The molecule has 66 valence electrons. The quantitative estimate of drug-likeness (QED) is 0.451. The molecule has 0 amide bonds. The minimum absolute atomic E-state index is 0.535. The standard InChI is InChI=1S/C9H19NO/c1-3-4-5-6-11-8-9(2)7-10/h2-8,10H2,1H3. The summed E-state index contributed by atoms with van der Waals surface area (Å²) in [4.78, 5) is 0. The number of ether oxygens (including phenoxy) is 1. The van der Waals surface area contributed by atoms with Crippen molar-refractivity contribution in [3.63, 3.8) is 0 Å². The van der Waals surface area contributed by atoms with E-state index < -0.39 is 0 Å². The molecule has 0 radical (unpaired) electrons. The van der Waals surface area contributed by atoms with Crippen molar-refractivity contribution in [3.05, 3.63) is 12.2 Å². The maximum absolute atomic E-state index is 5.33. The van der Waals surface area contributed by atoms with Gasteiger partial charge in [0.1, 0.15) is 0 Å². The summed E-state index contributed by atoms with van der Waals surface area (Å²) in [6, 6.07) is 0. The lowest BCUT2D eigenvalue weighted by molar-refractivity contribution is 0.151. The van der Waals surface area contributed by atoms with E-state index in [9.17, 15) is 0 Å². The van der Waals surface area contributed by atoms with Gasteiger partial charge in [-0.2, -0.15) is 0 Å². The molecule has 11 heavy (non-hydrogen) atoms. The van der Waals surface area contributed by atoms with E-state index in [0.29, 0.717) is 13.2 Å². The van der Waals surface area contributed by atoms with Crippen LogP contribution in [0.2, 0.25) is 0 Å². The van der Waals surface area contributed by atoms with E-state index in [0.717, 1.165) is 18.6 Å². The number of nitrogens with two attached hydrogens (primary N) is 1. The highest BCUT2D eigenvalue weighted by Gasteiger charge is 1.90. The van der Waals surface area contributed by atoms with Crippen LogP contribution in [0.15, 0.2) is 12.2 Å². The highest BCUT2D eigenvalue weighted by Crippen LogP contribution is 1.95. The van der Waals surface area contributed by atoms with Crippen molar-refractivity contribution >= 4 is 0 Å². The Kier molecular flexibility index (Phi) is 7.52. The fourth-order valence-corrected chi connectivity index (χ4v) is 0.730. The van der Waals surface area contributed by atoms with Crippen LogP contribution in [0, 0.1) is 0 Å². The van der Waals surface area contributed by atoms with Gasteiger partial charge in [-0.3, -0.25) is 0 Å². The first-order chi connectivity index (χ1) is 5.31. The molecule has 0 unspecified atom stereocenters. The van der Waals surface area contributed by atoms with Crippen molar-refractivity contribution in [1.82, 2.24) is 0 Å². The summed E-state index contributed by atoms with van der Waals surface area (Å²) >= 11 is 0. The van der Waals surface area contributed by atoms with Crippen molar-refractivity contribution in [2.24, 2.45) is 5.73 Å². The van der Waals surface area contributed by atoms with E-state index in [1.54, 1.807) is 0 Å². The van der Waals surface area contributed by atoms with Crippen molar-refractivity contribution in [2.45, 2.75) is 26.2 Å². The Morgan fingerprint density at radius 3 is 2.73 bits per heavy atom. The predicted molar refractivity (Wildman–Crippen MR) is 48.5 cm³/mol. The molecule has 0 aliphatic rings.